The maximum absolute atomic E-state index is 12.1. The van der Waals surface area contributed by atoms with Gasteiger partial charge in [-0.3, -0.25) is 0 Å². The molecule has 20 heavy (non-hydrogen) atoms. The second-order valence-corrected chi connectivity index (χ2v) is 8.52. The number of likely N-dealkylation sites (tertiary alicyclic amines) is 1. The third-order valence-electron chi connectivity index (χ3n) is 3.79. The Balaban J connectivity index is 1.80. The number of sulfonamides is 1. The fourth-order valence-corrected chi connectivity index (χ4v) is 4.76. The van der Waals surface area contributed by atoms with Crippen molar-refractivity contribution in [1.29, 1.82) is 0 Å². The summed E-state index contributed by atoms with van der Waals surface area (Å²) in [4.78, 5) is 3.21. The van der Waals surface area contributed by atoms with Crippen molar-refractivity contribution in [2.45, 2.75) is 30.0 Å². The van der Waals surface area contributed by atoms with Crippen molar-refractivity contribution in [3.8, 4) is 0 Å². The maximum atomic E-state index is 12.1. The van der Waals surface area contributed by atoms with Gasteiger partial charge in [0.05, 0.1) is 0 Å². The Kier molecular flexibility index (Phi) is 5.57. The molecule has 5 nitrogen and oxygen atoms in total. The minimum Gasteiger partial charge on any atom is -0.326 e. The summed E-state index contributed by atoms with van der Waals surface area (Å²) < 4.78 is 27.3. The van der Waals surface area contributed by atoms with E-state index in [9.17, 15) is 8.42 Å². The number of rotatable bonds is 6. The van der Waals surface area contributed by atoms with Gasteiger partial charge in [0.2, 0.25) is 10.0 Å². The van der Waals surface area contributed by atoms with Gasteiger partial charge < -0.3 is 10.6 Å². The molecule has 0 unspecified atom stereocenters. The highest BCUT2D eigenvalue weighted by Gasteiger charge is 2.19. The lowest BCUT2D eigenvalue weighted by molar-refractivity contribution is 0.213. The van der Waals surface area contributed by atoms with Crippen LogP contribution in [0.25, 0.3) is 0 Å². The van der Waals surface area contributed by atoms with Crippen LogP contribution in [-0.4, -0.2) is 40.0 Å². The normalized spacial score (nSPS) is 18.5. The molecular weight excluding hydrogens is 294 g/mol. The molecule has 1 aromatic rings. The summed E-state index contributed by atoms with van der Waals surface area (Å²) in [6, 6.07) is 3.40. The van der Waals surface area contributed by atoms with E-state index in [1.807, 2.05) is 0 Å². The average molecular weight is 317 g/mol. The Morgan fingerprint density at radius 2 is 2.10 bits per heavy atom. The van der Waals surface area contributed by atoms with Crippen LogP contribution in [0.15, 0.2) is 16.3 Å². The first-order chi connectivity index (χ1) is 9.51. The number of piperidine rings is 1. The van der Waals surface area contributed by atoms with Crippen LogP contribution >= 0.6 is 11.3 Å². The minimum absolute atomic E-state index is 0.362. The second kappa shape index (κ2) is 7.00. The van der Waals surface area contributed by atoms with Crippen molar-refractivity contribution in [2.24, 2.45) is 11.7 Å². The van der Waals surface area contributed by atoms with Gasteiger partial charge in [0, 0.05) is 18.0 Å². The monoisotopic (exact) mass is 317 g/mol. The fraction of sp³-hybridized carbons (Fsp3) is 0.692. The highest BCUT2D eigenvalue weighted by atomic mass is 32.2. The second-order valence-electron chi connectivity index (χ2n) is 5.36. The number of hydrogen-bond donors (Lipinski definition) is 2. The Bertz CT molecular complexity index is 519. The van der Waals surface area contributed by atoms with E-state index in [0.29, 0.717) is 23.2 Å². The molecule has 0 amide bonds. The zero-order valence-electron chi connectivity index (χ0n) is 11.8. The summed E-state index contributed by atoms with van der Waals surface area (Å²) in [6.45, 7) is 3.13. The summed E-state index contributed by atoms with van der Waals surface area (Å²) in [5, 5.41) is 0. The van der Waals surface area contributed by atoms with E-state index in [1.165, 1.54) is 11.3 Å². The molecule has 1 saturated heterocycles. The minimum atomic E-state index is -3.36. The number of thiophene rings is 1. The van der Waals surface area contributed by atoms with E-state index < -0.39 is 10.0 Å². The lowest BCUT2D eigenvalue weighted by Gasteiger charge is -2.28. The van der Waals surface area contributed by atoms with Crippen LogP contribution in [0.1, 0.15) is 24.1 Å². The average Bonchev–Trinajstić information content (AvgIpc) is 2.90. The zero-order chi connectivity index (χ0) is 14.6. The van der Waals surface area contributed by atoms with Crippen LogP contribution in [-0.2, 0) is 16.6 Å². The van der Waals surface area contributed by atoms with Crippen LogP contribution < -0.4 is 10.5 Å². The summed E-state index contributed by atoms with van der Waals surface area (Å²) >= 11 is 1.24. The van der Waals surface area contributed by atoms with Crippen molar-refractivity contribution >= 4 is 21.4 Å². The van der Waals surface area contributed by atoms with Gasteiger partial charge >= 0.3 is 0 Å². The SMILES string of the molecule is CN1CCC(CCNS(=O)(=O)c2ccc(CN)s2)CC1. The fourth-order valence-electron chi connectivity index (χ4n) is 2.43. The van der Waals surface area contributed by atoms with Crippen LogP contribution in [0.4, 0.5) is 0 Å². The molecule has 0 spiro atoms. The van der Waals surface area contributed by atoms with Crippen molar-refractivity contribution in [1.82, 2.24) is 9.62 Å². The first-order valence-corrected chi connectivity index (χ1v) is 9.28. The molecule has 0 saturated carbocycles. The van der Waals surface area contributed by atoms with E-state index in [1.54, 1.807) is 12.1 Å². The Morgan fingerprint density at radius 1 is 1.40 bits per heavy atom. The van der Waals surface area contributed by atoms with Gasteiger partial charge in [-0.15, -0.1) is 11.3 Å². The number of nitrogens with one attached hydrogen (secondary N) is 1. The Hall–Kier alpha value is -0.470. The van der Waals surface area contributed by atoms with Crippen LogP contribution in [0.5, 0.6) is 0 Å². The molecule has 114 valence electrons. The molecule has 0 radical (unpaired) electrons. The van der Waals surface area contributed by atoms with Crippen molar-refractivity contribution in [3.05, 3.63) is 17.0 Å². The summed E-state index contributed by atoms with van der Waals surface area (Å²) in [6.07, 6.45) is 3.24. The molecule has 1 aliphatic rings. The van der Waals surface area contributed by atoms with Crippen molar-refractivity contribution in [2.75, 3.05) is 26.7 Å². The number of nitrogens with two attached hydrogens (primary N) is 1. The smallest absolute Gasteiger partial charge is 0.250 e. The molecule has 0 atom stereocenters. The maximum Gasteiger partial charge on any atom is 0.250 e. The van der Waals surface area contributed by atoms with Gasteiger partial charge in [0.25, 0.3) is 0 Å². The van der Waals surface area contributed by atoms with Crippen molar-refractivity contribution in [3.63, 3.8) is 0 Å². The summed E-state index contributed by atoms with van der Waals surface area (Å²) in [7, 11) is -1.23. The van der Waals surface area contributed by atoms with Crippen LogP contribution in [0, 0.1) is 5.92 Å². The van der Waals surface area contributed by atoms with Gasteiger partial charge in [-0.25, -0.2) is 13.1 Å². The third kappa shape index (κ3) is 4.26. The first kappa shape index (κ1) is 15.9. The molecule has 0 aliphatic carbocycles. The molecule has 1 aliphatic heterocycles. The summed E-state index contributed by atoms with van der Waals surface area (Å²) in [5.74, 6) is 0.636. The predicted molar refractivity (Wildman–Crippen MR) is 82.2 cm³/mol. The molecule has 3 N–H and O–H groups in total. The molecule has 7 heteroatoms. The standard InChI is InChI=1S/C13H23N3O2S2/c1-16-8-5-11(6-9-16)4-7-15-20(17,18)13-3-2-12(10-14)19-13/h2-3,11,15H,4-10,14H2,1H3. The molecular formula is C13H23N3O2S2. The largest absolute Gasteiger partial charge is 0.326 e. The zero-order valence-corrected chi connectivity index (χ0v) is 13.5. The van der Waals surface area contributed by atoms with Gasteiger partial charge in [-0.1, -0.05) is 0 Å². The Morgan fingerprint density at radius 3 is 2.70 bits per heavy atom. The lowest BCUT2D eigenvalue weighted by Crippen LogP contribution is -2.32. The number of hydrogen-bond acceptors (Lipinski definition) is 5. The molecule has 1 aromatic heterocycles. The summed E-state index contributed by atoms with van der Waals surface area (Å²) in [5.41, 5.74) is 5.51. The first-order valence-electron chi connectivity index (χ1n) is 6.98. The Labute approximate surface area is 125 Å². The molecule has 1 fully saturated rings. The van der Waals surface area contributed by atoms with Gasteiger partial charge in [-0.05, 0) is 57.5 Å². The quantitative estimate of drug-likeness (QED) is 0.827. The van der Waals surface area contributed by atoms with E-state index in [4.69, 9.17) is 5.73 Å². The van der Waals surface area contributed by atoms with E-state index in [0.717, 1.165) is 37.2 Å². The van der Waals surface area contributed by atoms with E-state index in [-0.39, 0.29) is 0 Å². The van der Waals surface area contributed by atoms with Gasteiger partial charge in [0.15, 0.2) is 0 Å². The highest BCUT2D eigenvalue weighted by Crippen LogP contribution is 2.22. The van der Waals surface area contributed by atoms with Crippen LogP contribution in [0.2, 0.25) is 0 Å². The topological polar surface area (TPSA) is 75.4 Å². The van der Waals surface area contributed by atoms with Crippen molar-refractivity contribution < 1.29 is 8.42 Å². The van der Waals surface area contributed by atoms with Gasteiger partial charge in [-0.2, -0.15) is 0 Å². The predicted octanol–water partition coefficient (Wildman–Crippen LogP) is 1.22. The number of nitrogens with zero attached hydrogens (tertiary/aromatic N) is 1. The van der Waals surface area contributed by atoms with E-state index >= 15 is 0 Å². The molecule has 0 bridgehead atoms. The molecule has 2 heterocycles. The highest BCUT2D eigenvalue weighted by molar-refractivity contribution is 7.91. The van der Waals surface area contributed by atoms with E-state index in [2.05, 4.69) is 16.7 Å². The molecule has 0 aromatic carbocycles. The van der Waals surface area contributed by atoms with Crippen LogP contribution in [0.3, 0.4) is 0 Å². The lowest BCUT2D eigenvalue weighted by atomic mass is 9.94. The third-order valence-corrected chi connectivity index (χ3v) is 6.85. The van der Waals surface area contributed by atoms with Gasteiger partial charge in [0.1, 0.15) is 4.21 Å². The molecule has 2 rings (SSSR count).